The molecule has 2 atom stereocenters. The van der Waals surface area contributed by atoms with Gasteiger partial charge in [0.1, 0.15) is 23.7 Å². The molecule has 0 spiro atoms. The molecule has 0 aromatic heterocycles. The van der Waals surface area contributed by atoms with E-state index < -0.39 is 12.2 Å². The summed E-state index contributed by atoms with van der Waals surface area (Å²) in [7, 11) is 3.07. The van der Waals surface area contributed by atoms with Crippen LogP contribution in [0.15, 0.2) is 48.5 Å². The maximum absolute atomic E-state index is 10.4. The summed E-state index contributed by atoms with van der Waals surface area (Å²) in [6, 6.07) is 14.1. The van der Waals surface area contributed by atoms with E-state index in [-0.39, 0.29) is 0 Å². The zero-order chi connectivity index (χ0) is 14.5. The van der Waals surface area contributed by atoms with Crippen LogP contribution in [-0.2, 0) is 0 Å². The summed E-state index contributed by atoms with van der Waals surface area (Å²) in [5.41, 5.74) is 1.13. The Labute approximate surface area is 118 Å². The van der Waals surface area contributed by atoms with Crippen molar-refractivity contribution >= 4 is 0 Å². The standard InChI is InChI=1S/C16H18O4/c1-19-12-8-9-14(20-2)13(10-12)16(18)15(17)11-6-4-3-5-7-11/h3-10,15-18H,1-2H3. The zero-order valence-electron chi connectivity index (χ0n) is 11.5. The number of methoxy groups -OCH3 is 2. The lowest BCUT2D eigenvalue weighted by atomic mass is 9.97. The maximum atomic E-state index is 10.4. The van der Waals surface area contributed by atoms with Crippen LogP contribution in [0.3, 0.4) is 0 Å². The van der Waals surface area contributed by atoms with Crippen molar-refractivity contribution in [3.63, 3.8) is 0 Å². The summed E-state index contributed by atoms with van der Waals surface area (Å²) in [4.78, 5) is 0. The SMILES string of the molecule is COc1ccc(OC)c(C(O)C(O)c2ccccc2)c1. The number of aliphatic hydroxyl groups excluding tert-OH is 2. The smallest absolute Gasteiger partial charge is 0.125 e. The van der Waals surface area contributed by atoms with E-state index in [9.17, 15) is 10.2 Å². The summed E-state index contributed by atoms with van der Waals surface area (Å²) in [5, 5.41) is 20.7. The van der Waals surface area contributed by atoms with Crippen LogP contribution >= 0.6 is 0 Å². The highest BCUT2D eigenvalue weighted by Crippen LogP contribution is 2.36. The second kappa shape index (κ2) is 6.41. The Morgan fingerprint density at radius 2 is 1.55 bits per heavy atom. The quantitative estimate of drug-likeness (QED) is 0.879. The van der Waals surface area contributed by atoms with E-state index in [4.69, 9.17) is 9.47 Å². The first-order valence-electron chi connectivity index (χ1n) is 6.30. The van der Waals surface area contributed by atoms with Crippen LogP contribution in [0.2, 0.25) is 0 Å². The molecule has 0 aliphatic heterocycles. The van der Waals surface area contributed by atoms with Gasteiger partial charge in [0.2, 0.25) is 0 Å². The van der Waals surface area contributed by atoms with Gasteiger partial charge in [-0.05, 0) is 23.8 Å². The predicted molar refractivity (Wildman–Crippen MR) is 75.9 cm³/mol. The molecule has 0 saturated carbocycles. The Hall–Kier alpha value is -2.04. The molecular weight excluding hydrogens is 256 g/mol. The molecule has 0 amide bonds. The highest BCUT2D eigenvalue weighted by Gasteiger charge is 2.23. The first kappa shape index (κ1) is 14.4. The average molecular weight is 274 g/mol. The monoisotopic (exact) mass is 274 g/mol. The van der Waals surface area contributed by atoms with Crippen molar-refractivity contribution in [1.82, 2.24) is 0 Å². The van der Waals surface area contributed by atoms with Gasteiger partial charge in [-0.1, -0.05) is 30.3 Å². The molecule has 0 heterocycles. The molecule has 0 radical (unpaired) electrons. The minimum Gasteiger partial charge on any atom is -0.497 e. The molecule has 2 N–H and O–H groups in total. The maximum Gasteiger partial charge on any atom is 0.125 e. The summed E-state index contributed by atoms with van der Waals surface area (Å²) in [5.74, 6) is 1.10. The minimum atomic E-state index is -1.09. The van der Waals surface area contributed by atoms with Crippen LogP contribution in [0.1, 0.15) is 23.3 Å². The number of hydrogen-bond donors (Lipinski definition) is 2. The van der Waals surface area contributed by atoms with Crippen LogP contribution in [0, 0.1) is 0 Å². The second-order valence-corrected chi connectivity index (χ2v) is 4.41. The largest absolute Gasteiger partial charge is 0.497 e. The number of aliphatic hydroxyl groups is 2. The Kier molecular flexibility index (Phi) is 4.61. The fourth-order valence-corrected chi connectivity index (χ4v) is 2.07. The summed E-state index contributed by atoms with van der Waals surface area (Å²) in [6.07, 6.45) is -2.13. The van der Waals surface area contributed by atoms with E-state index in [2.05, 4.69) is 0 Å². The normalized spacial score (nSPS) is 13.6. The fourth-order valence-electron chi connectivity index (χ4n) is 2.07. The van der Waals surface area contributed by atoms with E-state index in [0.717, 1.165) is 0 Å². The van der Waals surface area contributed by atoms with Crippen LogP contribution in [0.4, 0.5) is 0 Å². The summed E-state index contributed by atoms with van der Waals surface area (Å²) >= 11 is 0. The van der Waals surface area contributed by atoms with Crippen molar-refractivity contribution in [3.8, 4) is 11.5 Å². The molecule has 0 aliphatic rings. The molecule has 2 rings (SSSR count). The van der Waals surface area contributed by atoms with Crippen LogP contribution in [0.25, 0.3) is 0 Å². The first-order chi connectivity index (χ1) is 9.67. The number of hydrogen-bond acceptors (Lipinski definition) is 4. The third-order valence-electron chi connectivity index (χ3n) is 3.20. The van der Waals surface area contributed by atoms with Gasteiger partial charge in [0, 0.05) is 5.56 Å². The third-order valence-corrected chi connectivity index (χ3v) is 3.20. The Bertz CT molecular complexity index is 554. The molecule has 20 heavy (non-hydrogen) atoms. The van der Waals surface area contributed by atoms with E-state index in [1.807, 2.05) is 18.2 Å². The number of ether oxygens (including phenoxy) is 2. The van der Waals surface area contributed by atoms with Crippen molar-refractivity contribution in [3.05, 3.63) is 59.7 Å². The van der Waals surface area contributed by atoms with Gasteiger partial charge in [0.25, 0.3) is 0 Å². The molecule has 2 aromatic carbocycles. The van der Waals surface area contributed by atoms with E-state index in [0.29, 0.717) is 22.6 Å². The molecule has 4 nitrogen and oxygen atoms in total. The molecule has 0 aliphatic carbocycles. The molecule has 0 bridgehead atoms. The molecule has 106 valence electrons. The van der Waals surface area contributed by atoms with Gasteiger partial charge in [0.05, 0.1) is 14.2 Å². The van der Waals surface area contributed by atoms with Crippen LogP contribution in [0.5, 0.6) is 11.5 Å². The summed E-state index contributed by atoms with van der Waals surface area (Å²) < 4.78 is 10.4. The van der Waals surface area contributed by atoms with Gasteiger partial charge in [-0.25, -0.2) is 0 Å². The van der Waals surface area contributed by atoms with Gasteiger partial charge in [-0.2, -0.15) is 0 Å². The first-order valence-corrected chi connectivity index (χ1v) is 6.30. The van der Waals surface area contributed by atoms with Crippen molar-refractivity contribution in [2.75, 3.05) is 14.2 Å². The molecule has 2 aromatic rings. The Balaban J connectivity index is 2.34. The summed E-state index contributed by atoms with van der Waals surface area (Å²) in [6.45, 7) is 0. The molecular formula is C16H18O4. The molecule has 4 heteroatoms. The van der Waals surface area contributed by atoms with Crippen molar-refractivity contribution < 1.29 is 19.7 Å². The molecule has 0 fully saturated rings. The Morgan fingerprint density at radius 1 is 0.850 bits per heavy atom. The van der Waals surface area contributed by atoms with Gasteiger partial charge in [0.15, 0.2) is 0 Å². The van der Waals surface area contributed by atoms with Gasteiger partial charge in [-0.15, -0.1) is 0 Å². The highest BCUT2D eigenvalue weighted by molar-refractivity contribution is 5.42. The highest BCUT2D eigenvalue weighted by atomic mass is 16.5. The lowest BCUT2D eigenvalue weighted by Crippen LogP contribution is -2.11. The van der Waals surface area contributed by atoms with Crippen molar-refractivity contribution in [2.45, 2.75) is 12.2 Å². The molecule has 0 saturated heterocycles. The van der Waals surface area contributed by atoms with E-state index in [1.165, 1.54) is 7.11 Å². The van der Waals surface area contributed by atoms with E-state index in [1.54, 1.807) is 37.4 Å². The average Bonchev–Trinajstić information content (AvgIpc) is 2.53. The fraction of sp³-hybridized carbons (Fsp3) is 0.250. The van der Waals surface area contributed by atoms with Crippen LogP contribution < -0.4 is 9.47 Å². The number of rotatable bonds is 5. The van der Waals surface area contributed by atoms with Gasteiger partial charge < -0.3 is 19.7 Å². The topological polar surface area (TPSA) is 58.9 Å². The minimum absolute atomic E-state index is 0.489. The lowest BCUT2D eigenvalue weighted by Gasteiger charge is -2.21. The lowest BCUT2D eigenvalue weighted by molar-refractivity contribution is 0.0157. The van der Waals surface area contributed by atoms with Crippen LogP contribution in [-0.4, -0.2) is 24.4 Å². The van der Waals surface area contributed by atoms with Gasteiger partial charge in [-0.3, -0.25) is 0 Å². The third kappa shape index (κ3) is 2.92. The van der Waals surface area contributed by atoms with E-state index >= 15 is 0 Å². The van der Waals surface area contributed by atoms with Gasteiger partial charge >= 0.3 is 0 Å². The predicted octanol–water partition coefficient (Wildman–Crippen LogP) is 2.47. The number of benzene rings is 2. The Morgan fingerprint density at radius 3 is 2.15 bits per heavy atom. The zero-order valence-corrected chi connectivity index (χ0v) is 11.5. The van der Waals surface area contributed by atoms with Crippen molar-refractivity contribution in [2.24, 2.45) is 0 Å². The second-order valence-electron chi connectivity index (χ2n) is 4.41. The molecule has 2 unspecified atom stereocenters. The van der Waals surface area contributed by atoms with Crippen molar-refractivity contribution in [1.29, 1.82) is 0 Å².